The lowest BCUT2D eigenvalue weighted by Crippen LogP contribution is -1.93. The van der Waals surface area contributed by atoms with Crippen molar-refractivity contribution in [2.24, 2.45) is 0 Å². The lowest BCUT2D eigenvalue weighted by Gasteiger charge is -2.05. The summed E-state index contributed by atoms with van der Waals surface area (Å²) in [6, 6.07) is 10.1. The first kappa shape index (κ1) is 10.7. The molecule has 0 aliphatic rings. The maximum absolute atomic E-state index is 5.67. The van der Waals surface area contributed by atoms with Crippen molar-refractivity contribution in [3.63, 3.8) is 0 Å². The Morgan fingerprint density at radius 2 is 1.93 bits per heavy atom. The standard InChI is InChI=1S/C12H11BrOS/c1-9-2-4-10(5-3-9)14-8-12-11(13)6-7-15-12/h2-7H,8H2,1H3. The molecule has 2 aromatic rings. The molecule has 0 atom stereocenters. The first-order chi connectivity index (χ1) is 7.25. The minimum Gasteiger partial charge on any atom is -0.488 e. The van der Waals surface area contributed by atoms with Gasteiger partial charge in [0.05, 0.1) is 4.88 Å². The number of thiophene rings is 1. The van der Waals surface area contributed by atoms with Gasteiger partial charge in [-0.1, -0.05) is 17.7 Å². The highest BCUT2D eigenvalue weighted by molar-refractivity contribution is 9.10. The zero-order chi connectivity index (χ0) is 10.7. The highest BCUT2D eigenvalue weighted by atomic mass is 79.9. The molecule has 1 nitrogen and oxygen atoms in total. The molecule has 0 spiro atoms. The van der Waals surface area contributed by atoms with Crippen molar-refractivity contribution in [1.29, 1.82) is 0 Å². The molecule has 0 saturated carbocycles. The summed E-state index contributed by atoms with van der Waals surface area (Å²) < 4.78 is 6.79. The number of ether oxygens (including phenoxy) is 1. The van der Waals surface area contributed by atoms with Crippen molar-refractivity contribution in [2.45, 2.75) is 13.5 Å². The fourth-order valence-electron chi connectivity index (χ4n) is 1.21. The fraction of sp³-hybridized carbons (Fsp3) is 0.167. The second-order valence-electron chi connectivity index (χ2n) is 3.29. The van der Waals surface area contributed by atoms with E-state index in [0.29, 0.717) is 6.61 Å². The van der Waals surface area contributed by atoms with Gasteiger partial charge in [0, 0.05) is 4.47 Å². The highest BCUT2D eigenvalue weighted by Gasteiger charge is 2.01. The molecule has 0 aliphatic carbocycles. The fourth-order valence-corrected chi connectivity index (χ4v) is 2.59. The molecule has 0 fully saturated rings. The van der Waals surface area contributed by atoms with Crippen LogP contribution in [0.3, 0.4) is 0 Å². The van der Waals surface area contributed by atoms with Crippen molar-refractivity contribution >= 4 is 27.3 Å². The van der Waals surface area contributed by atoms with Crippen LogP contribution in [0, 0.1) is 6.92 Å². The van der Waals surface area contributed by atoms with Crippen LogP contribution >= 0.6 is 27.3 Å². The van der Waals surface area contributed by atoms with E-state index in [2.05, 4.69) is 40.4 Å². The average molecular weight is 283 g/mol. The third-order valence-electron chi connectivity index (χ3n) is 2.08. The first-order valence-corrected chi connectivity index (χ1v) is 6.34. The summed E-state index contributed by atoms with van der Waals surface area (Å²) in [5.41, 5.74) is 1.25. The Hall–Kier alpha value is -0.800. The molecule has 1 aromatic heterocycles. The quantitative estimate of drug-likeness (QED) is 0.811. The predicted octanol–water partition coefficient (Wildman–Crippen LogP) is 4.40. The average Bonchev–Trinajstić information content (AvgIpc) is 2.63. The highest BCUT2D eigenvalue weighted by Crippen LogP contribution is 2.24. The normalized spacial score (nSPS) is 10.3. The van der Waals surface area contributed by atoms with E-state index in [0.717, 1.165) is 10.2 Å². The summed E-state index contributed by atoms with van der Waals surface area (Å²) in [6.07, 6.45) is 0. The molecule has 0 aliphatic heterocycles. The van der Waals surface area contributed by atoms with Crippen LogP contribution in [-0.2, 0) is 6.61 Å². The third-order valence-corrected chi connectivity index (χ3v) is 3.98. The molecule has 15 heavy (non-hydrogen) atoms. The molecule has 0 amide bonds. The maximum Gasteiger partial charge on any atom is 0.124 e. The molecule has 0 unspecified atom stereocenters. The molecular formula is C12H11BrOS. The molecule has 0 radical (unpaired) electrons. The van der Waals surface area contributed by atoms with Gasteiger partial charge in [-0.25, -0.2) is 0 Å². The van der Waals surface area contributed by atoms with Crippen molar-refractivity contribution in [1.82, 2.24) is 0 Å². The van der Waals surface area contributed by atoms with E-state index in [9.17, 15) is 0 Å². The Labute approximate surface area is 102 Å². The van der Waals surface area contributed by atoms with Gasteiger partial charge >= 0.3 is 0 Å². The van der Waals surface area contributed by atoms with Crippen molar-refractivity contribution in [2.75, 3.05) is 0 Å². The number of rotatable bonds is 3. The lowest BCUT2D eigenvalue weighted by atomic mass is 10.2. The molecule has 0 saturated heterocycles. The molecule has 0 bridgehead atoms. The first-order valence-electron chi connectivity index (χ1n) is 4.67. The van der Waals surface area contributed by atoms with Gasteiger partial charge in [-0.05, 0) is 46.4 Å². The Morgan fingerprint density at radius 1 is 1.20 bits per heavy atom. The number of halogens is 1. The minimum absolute atomic E-state index is 0.626. The Morgan fingerprint density at radius 3 is 2.53 bits per heavy atom. The second-order valence-corrected chi connectivity index (χ2v) is 5.15. The Kier molecular flexibility index (Phi) is 3.44. The van der Waals surface area contributed by atoms with Crippen LogP contribution in [0.4, 0.5) is 0 Å². The Balaban J connectivity index is 1.99. The van der Waals surface area contributed by atoms with Crippen LogP contribution < -0.4 is 4.74 Å². The van der Waals surface area contributed by atoms with Gasteiger partial charge in [0.15, 0.2) is 0 Å². The lowest BCUT2D eigenvalue weighted by molar-refractivity contribution is 0.309. The van der Waals surface area contributed by atoms with Gasteiger partial charge in [-0.3, -0.25) is 0 Å². The summed E-state index contributed by atoms with van der Waals surface area (Å²) in [6.45, 7) is 2.70. The van der Waals surface area contributed by atoms with Gasteiger partial charge in [0.25, 0.3) is 0 Å². The summed E-state index contributed by atoms with van der Waals surface area (Å²) in [7, 11) is 0. The Bertz CT molecular complexity index is 433. The second kappa shape index (κ2) is 4.81. The van der Waals surface area contributed by atoms with E-state index in [1.807, 2.05) is 18.2 Å². The maximum atomic E-state index is 5.67. The van der Waals surface area contributed by atoms with E-state index in [4.69, 9.17) is 4.74 Å². The summed E-state index contributed by atoms with van der Waals surface area (Å²) >= 11 is 5.18. The smallest absolute Gasteiger partial charge is 0.124 e. The molecule has 78 valence electrons. The molecule has 0 N–H and O–H groups in total. The van der Waals surface area contributed by atoms with Gasteiger partial charge in [-0.15, -0.1) is 11.3 Å². The SMILES string of the molecule is Cc1ccc(OCc2sccc2Br)cc1. The zero-order valence-electron chi connectivity index (χ0n) is 8.37. The third kappa shape index (κ3) is 2.83. The topological polar surface area (TPSA) is 9.23 Å². The van der Waals surface area contributed by atoms with Crippen LogP contribution in [0.15, 0.2) is 40.2 Å². The minimum atomic E-state index is 0.626. The van der Waals surface area contributed by atoms with Gasteiger partial charge in [0.2, 0.25) is 0 Å². The summed E-state index contributed by atoms with van der Waals surface area (Å²) in [5.74, 6) is 0.918. The van der Waals surface area contributed by atoms with Crippen LogP contribution in [0.5, 0.6) is 5.75 Å². The summed E-state index contributed by atoms with van der Waals surface area (Å²) in [4.78, 5) is 1.22. The molecule has 1 aromatic carbocycles. The van der Waals surface area contributed by atoms with Crippen LogP contribution in [0.2, 0.25) is 0 Å². The zero-order valence-corrected chi connectivity index (χ0v) is 10.8. The van der Waals surface area contributed by atoms with Crippen molar-refractivity contribution in [3.8, 4) is 5.75 Å². The predicted molar refractivity (Wildman–Crippen MR) is 67.5 cm³/mol. The van der Waals surface area contributed by atoms with E-state index >= 15 is 0 Å². The van der Waals surface area contributed by atoms with Crippen molar-refractivity contribution < 1.29 is 4.74 Å². The number of benzene rings is 1. The van der Waals surface area contributed by atoms with Crippen LogP contribution in [0.1, 0.15) is 10.4 Å². The van der Waals surface area contributed by atoms with E-state index in [1.54, 1.807) is 11.3 Å². The van der Waals surface area contributed by atoms with Crippen molar-refractivity contribution in [3.05, 3.63) is 50.6 Å². The van der Waals surface area contributed by atoms with Gasteiger partial charge in [-0.2, -0.15) is 0 Å². The number of aryl methyl sites for hydroxylation is 1. The summed E-state index contributed by atoms with van der Waals surface area (Å²) in [5, 5.41) is 2.05. The molecule has 2 rings (SSSR count). The number of hydrogen-bond donors (Lipinski definition) is 0. The van der Waals surface area contributed by atoms with Gasteiger partial charge in [0.1, 0.15) is 12.4 Å². The van der Waals surface area contributed by atoms with E-state index in [1.165, 1.54) is 10.4 Å². The number of hydrogen-bond acceptors (Lipinski definition) is 2. The molecule has 1 heterocycles. The molecular weight excluding hydrogens is 272 g/mol. The van der Waals surface area contributed by atoms with E-state index < -0.39 is 0 Å². The van der Waals surface area contributed by atoms with E-state index in [-0.39, 0.29) is 0 Å². The van der Waals surface area contributed by atoms with Crippen LogP contribution in [-0.4, -0.2) is 0 Å². The molecule has 3 heteroatoms. The van der Waals surface area contributed by atoms with Crippen LogP contribution in [0.25, 0.3) is 0 Å². The monoisotopic (exact) mass is 282 g/mol. The largest absolute Gasteiger partial charge is 0.488 e. The van der Waals surface area contributed by atoms with Gasteiger partial charge < -0.3 is 4.74 Å².